The van der Waals surface area contributed by atoms with Crippen LogP contribution >= 0.6 is 9.24 Å². The minimum Gasteiger partial charge on any atom is -0.481 e. The molecule has 3 heteroatoms. The van der Waals surface area contributed by atoms with E-state index in [0.29, 0.717) is 5.88 Å². The van der Waals surface area contributed by atoms with Crippen LogP contribution in [0.3, 0.4) is 0 Å². The van der Waals surface area contributed by atoms with Gasteiger partial charge < -0.3 is 4.74 Å². The molecular formula is C7H12NOP. The summed E-state index contributed by atoms with van der Waals surface area (Å²) in [6.07, 6.45) is 1.69. The van der Waals surface area contributed by atoms with Crippen molar-refractivity contribution in [2.45, 2.75) is 0 Å². The van der Waals surface area contributed by atoms with E-state index < -0.39 is 0 Å². The van der Waals surface area contributed by atoms with Crippen molar-refractivity contribution in [3.8, 4) is 5.88 Å². The van der Waals surface area contributed by atoms with Crippen LogP contribution in [-0.2, 0) is 0 Å². The van der Waals surface area contributed by atoms with E-state index >= 15 is 0 Å². The first-order chi connectivity index (χ1) is 4.93. The van der Waals surface area contributed by atoms with E-state index in [-0.39, 0.29) is 0 Å². The molecule has 1 aromatic heterocycles. The second-order valence-corrected chi connectivity index (χ2v) is 1.37. The van der Waals surface area contributed by atoms with Crippen LogP contribution in [0.25, 0.3) is 0 Å². The summed E-state index contributed by atoms with van der Waals surface area (Å²) in [7, 11) is 4.02. The predicted molar refractivity (Wildman–Crippen MR) is 46.4 cm³/mol. The fraction of sp³-hybridized carbons (Fsp3) is 0.286. The molecule has 0 aliphatic heterocycles. The van der Waals surface area contributed by atoms with Gasteiger partial charge in [-0.2, -0.15) is 0 Å². The molecule has 56 valence electrons. The molecule has 0 aliphatic rings. The van der Waals surface area contributed by atoms with E-state index in [1.807, 2.05) is 18.8 Å². The molecule has 0 aromatic carbocycles. The van der Waals surface area contributed by atoms with Crippen LogP contribution in [0.2, 0.25) is 0 Å². The zero-order valence-electron chi connectivity index (χ0n) is 6.24. The van der Waals surface area contributed by atoms with Crippen LogP contribution in [0.5, 0.6) is 5.88 Å². The van der Waals surface area contributed by atoms with E-state index in [9.17, 15) is 0 Å². The van der Waals surface area contributed by atoms with Crippen LogP contribution in [0.15, 0.2) is 24.4 Å². The smallest absolute Gasteiger partial charge is 0.212 e. The van der Waals surface area contributed by atoms with Crippen LogP contribution in [0.4, 0.5) is 0 Å². The van der Waals surface area contributed by atoms with Gasteiger partial charge in [0.1, 0.15) is 0 Å². The minimum atomic E-state index is 0.660. The lowest BCUT2D eigenvalue weighted by atomic mass is 10.5. The Morgan fingerprint density at radius 3 is 2.40 bits per heavy atom. The second-order valence-electron chi connectivity index (χ2n) is 1.37. The van der Waals surface area contributed by atoms with Gasteiger partial charge in [0.25, 0.3) is 0 Å². The summed E-state index contributed by atoms with van der Waals surface area (Å²) in [5, 5.41) is 0. The van der Waals surface area contributed by atoms with E-state index in [1.165, 1.54) is 0 Å². The lowest BCUT2D eigenvalue weighted by Crippen LogP contribution is -1.83. The highest BCUT2D eigenvalue weighted by Gasteiger charge is 1.82. The van der Waals surface area contributed by atoms with Gasteiger partial charge in [-0.1, -0.05) is 12.7 Å². The maximum absolute atomic E-state index is 4.80. The molecule has 0 fully saturated rings. The molecule has 1 atom stereocenters. The first-order valence-corrected chi connectivity index (χ1v) is 4.11. The molecular weight excluding hydrogens is 145 g/mol. The molecule has 0 N–H and O–H groups in total. The Balaban J connectivity index is 0.000000371. The highest BCUT2D eigenvalue weighted by atomic mass is 31.0. The number of pyridine rings is 1. The van der Waals surface area contributed by atoms with Gasteiger partial charge in [-0.25, -0.2) is 4.98 Å². The fourth-order valence-corrected chi connectivity index (χ4v) is 0.468. The van der Waals surface area contributed by atoms with E-state index in [4.69, 9.17) is 4.74 Å². The monoisotopic (exact) mass is 157 g/mol. The van der Waals surface area contributed by atoms with Crippen LogP contribution in [-0.4, -0.2) is 18.8 Å². The number of aromatic nitrogens is 1. The molecule has 1 aromatic rings. The van der Waals surface area contributed by atoms with Crippen molar-refractivity contribution in [1.29, 1.82) is 0 Å². The summed E-state index contributed by atoms with van der Waals surface area (Å²) in [6, 6.07) is 5.54. The van der Waals surface area contributed by atoms with Gasteiger partial charge in [0.15, 0.2) is 0 Å². The molecule has 0 amide bonds. The summed E-state index contributed by atoms with van der Waals surface area (Å²) in [5.74, 6) is 0.660. The Morgan fingerprint density at radius 2 is 2.10 bits per heavy atom. The lowest BCUT2D eigenvalue weighted by Gasteiger charge is -1.92. The molecule has 0 bridgehead atoms. The number of rotatable bonds is 1. The Hall–Kier alpha value is -0.620. The van der Waals surface area contributed by atoms with E-state index in [0.717, 1.165) is 0 Å². The summed E-state index contributed by atoms with van der Waals surface area (Å²) < 4.78 is 4.80. The first-order valence-electron chi connectivity index (χ1n) is 2.96. The molecule has 0 aliphatic carbocycles. The normalized spacial score (nSPS) is 7.50. The van der Waals surface area contributed by atoms with Crippen molar-refractivity contribution in [3.63, 3.8) is 0 Å². The standard InChI is InChI=1S/C6H7NO.CH5P/c1-8-6-4-2-3-5-7-6;1-2/h2-5H,1H3;2H2,1H3. The van der Waals surface area contributed by atoms with E-state index in [1.54, 1.807) is 19.4 Å². The maximum Gasteiger partial charge on any atom is 0.212 e. The average Bonchev–Trinajstić information content (AvgIpc) is 2.10. The third-order valence-corrected chi connectivity index (χ3v) is 0.847. The third kappa shape index (κ3) is 3.41. The van der Waals surface area contributed by atoms with Crippen molar-refractivity contribution in [3.05, 3.63) is 24.4 Å². The quantitative estimate of drug-likeness (QED) is 0.577. The van der Waals surface area contributed by atoms with Gasteiger partial charge >= 0.3 is 0 Å². The van der Waals surface area contributed by atoms with Crippen LogP contribution < -0.4 is 4.74 Å². The highest BCUT2D eigenvalue weighted by molar-refractivity contribution is 7.15. The molecule has 2 nitrogen and oxygen atoms in total. The number of hydrogen-bond donors (Lipinski definition) is 0. The number of nitrogens with zero attached hydrogens (tertiary/aromatic N) is 1. The molecule has 1 unspecified atom stereocenters. The first kappa shape index (κ1) is 9.38. The minimum absolute atomic E-state index is 0.660. The molecule has 1 rings (SSSR count). The Bertz CT molecular complexity index is 155. The highest BCUT2D eigenvalue weighted by Crippen LogP contribution is 1.99. The van der Waals surface area contributed by atoms with Gasteiger partial charge in [0.05, 0.1) is 7.11 Å². The lowest BCUT2D eigenvalue weighted by molar-refractivity contribution is 0.398. The maximum atomic E-state index is 4.80. The Labute approximate surface area is 63.8 Å². The molecule has 0 saturated carbocycles. The van der Waals surface area contributed by atoms with Gasteiger partial charge in [0.2, 0.25) is 5.88 Å². The topological polar surface area (TPSA) is 22.1 Å². The largest absolute Gasteiger partial charge is 0.481 e. The average molecular weight is 157 g/mol. The molecule has 0 radical (unpaired) electrons. The van der Waals surface area contributed by atoms with Crippen molar-refractivity contribution >= 4 is 9.24 Å². The number of methoxy groups -OCH3 is 1. The van der Waals surface area contributed by atoms with Crippen LogP contribution in [0.1, 0.15) is 0 Å². The summed E-state index contributed by atoms with van der Waals surface area (Å²) in [5.41, 5.74) is 0. The SMILES string of the molecule is COc1ccccn1.CP. The van der Waals surface area contributed by atoms with Gasteiger partial charge in [0, 0.05) is 12.3 Å². The zero-order chi connectivity index (χ0) is 7.82. The van der Waals surface area contributed by atoms with Crippen LogP contribution in [0, 0.1) is 0 Å². The number of hydrogen-bond acceptors (Lipinski definition) is 2. The van der Waals surface area contributed by atoms with Gasteiger partial charge in [-0.3, -0.25) is 0 Å². The van der Waals surface area contributed by atoms with E-state index in [2.05, 4.69) is 14.2 Å². The fourth-order valence-electron chi connectivity index (χ4n) is 0.468. The zero-order valence-corrected chi connectivity index (χ0v) is 7.40. The van der Waals surface area contributed by atoms with Crippen molar-refractivity contribution in [2.24, 2.45) is 0 Å². The third-order valence-electron chi connectivity index (χ3n) is 0.847. The number of ether oxygens (including phenoxy) is 1. The predicted octanol–water partition coefficient (Wildman–Crippen LogP) is 1.58. The Morgan fingerprint density at radius 1 is 1.40 bits per heavy atom. The van der Waals surface area contributed by atoms with Gasteiger partial charge in [-0.15, -0.1) is 9.24 Å². The molecule has 10 heavy (non-hydrogen) atoms. The molecule has 0 spiro atoms. The molecule has 1 heterocycles. The summed E-state index contributed by atoms with van der Waals surface area (Å²) in [6.45, 7) is 1.92. The summed E-state index contributed by atoms with van der Waals surface area (Å²) >= 11 is 0. The second kappa shape index (κ2) is 6.50. The molecule has 0 saturated heterocycles. The van der Waals surface area contributed by atoms with Crippen molar-refractivity contribution in [2.75, 3.05) is 13.8 Å². The Kier molecular flexibility index (Phi) is 6.10. The van der Waals surface area contributed by atoms with Crippen molar-refractivity contribution in [1.82, 2.24) is 4.98 Å². The van der Waals surface area contributed by atoms with Gasteiger partial charge in [-0.05, 0) is 6.07 Å². The van der Waals surface area contributed by atoms with Crippen molar-refractivity contribution < 1.29 is 4.74 Å². The summed E-state index contributed by atoms with van der Waals surface area (Å²) in [4.78, 5) is 3.88.